The predicted molar refractivity (Wildman–Crippen MR) is 155 cm³/mol. The maximum absolute atomic E-state index is 13.2. The van der Waals surface area contributed by atoms with Gasteiger partial charge in [-0.05, 0) is 74.5 Å². The highest BCUT2D eigenvalue weighted by atomic mass is 16.5. The Hall–Kier alpha value is -3.16. The van der Waals surface area contributed by atoms with E-state index in [9.17, 15) is 9.59 Å². The van der Waals surface area contributed by atoms with Crippen LogP contribution in [-0.4, -0.2) is 91.5 Å². The molecule has 208 valence electrons. The van der Waals surface area contributed by atoms with E-state index in [2.05, 4.69) is 28.5 Å². The first kappa shape index (κ1) is 27.4. The van der Waals surface area contributed by atoms with Crippen molar-refractivity contribution >= 4 is 17.5 Å². The molecule has 0 aromatic heterocycles. The minimum absolute atomic E-state index is 0.0542. The number of carbonyl (C=O) groups is 2. The molecule has 7 nitrogen and oxygen atoms in total. The lowest BCUT2D eigenvalue weighted by atomic mass is 9.95. The normalized spacial score (nSPS) is 19.1. The zero-order chi connectivity index (χ0) is 27.0. The number of nitrogens with zero attached hydrogens (tertiary/aromatic N) is 4. The van der Waals surface area contributed by atoms with Crippen LogP contribution < -0.4 is 9.64 Å². The first-order valence-corrected chi connectivity index (χ1v) is 14.6. The van der Waals surface area contributed by atoms with Crippen LogP contribution in [0.1, 0.15) is 48.0 Å². The first-order chi connectivity index (χ1) is 19.1. The minimum atomic E-state index is 0.0542. The lowest BCUT2D eigenvalue weighted by Gasteiger charge is -2.41. The number of anilines is 1. The van der Waals surface area contributed by atoms with Crippen LogP contribution >= 0.6 is 0 Å². The van der Waals surface area contributed by atoms with Crippen LogP contribution in [0, 0.1) is 0 Å². The molecule has 2 amide bonds. The average Bonchev–Trinajstić information content (AvgIpc) is 2.98. The number of hydrogen-bond donors (Lipinski definition) is 0. The monoisotopic (exact) mass is 530 g/mol. The van der Waals surface area contributed by atoms with Gasteiger partial charge in [0, 0.05) is 69.5 Å². The number of benzene rings is 2. The van der Waals surface area contributed by atoms with Crippen LogP contribution in [-0.2, 0) is 11.2 Å². The third kappa shape index (κ3) is 6.89. The van der Waals surface area contributed by atoms with Crippen molar-refractivity contribution in [2.45, 2.75) is 44.6 Å². The summed E-state index contributed by atoms with van der Waals surface area (Å²) in [5.74, 6) is 1.07. The lowest BCUT2D eigenvalue weighted by Crippen LogP contribution is -2.50. The summed E-state index contributed by atoms with van der Waals surface area (Å²) in [4.78, 5) is 34.8. The molecular formula is C32H42N4O3. The Labute approximate surface area is 233 Å². The highest BCUT2D eigenvalue weighted by molar-refractivity contribution is 5.97. The number of fused-ring (bicyclic) bond motifs is 1. The fourth-order valence-electron chi connectivity index (χ4n) is 6.06. The molecule has 3 aliphatic rings. The van der Waals surface area contributed by atoms with Gasteiger partial charge in [0.05, 0.1) is 6.61 Å². The fourth-order valence-corrected chi connectivity index (χ4v) is 6.06. The number of rotatable bonds is 10. The zero-order valence-corrected chi connectivity index (χ0v) is 23.1. The molecular weight excluding hydrogens is 488 g/mol. The second-order valence-electron chi connectivity index (χ2n) is 10.9. The topological polar surface area (TPSA) is 56.3 Å². The quantitative estimate of drug-likeness (QED) is 0.340. The molecule has 3 heterocycles. The Balaban J connectivity index is 1.03. The van der Waals surface area contributed by atoms with Gasteiger partial charge in [-0.1, -0.05) is 24.3 Å². The van der Waals surface area contributed by atoms with Gasteiger partial charge >= 0.3 is 0 Å². The first-order valence-electron chi connectivity index (χ1n) is 14.6. The number of unbranched alkanes of at least 4 members (excludes halogenated alkanes) is 1. The van der Waals surface area contributed by atoms with Crippen LogP contribution in [0.15, 0.2) is 61.2 Å². The van der Waals surface area contributed by atoms with E-state index in [1.165, 1.54) is 5.56 Å². The summed E-state index contributed by atoms with van der Waals surface area (Å²) in [5, 5.41) is 0. The number of amides is 2. The molecule has 0 radical (unpaired) electrons. The molecule has 2 saturated heterocycles. The van der Waals surface area contributed by atoms with Crippen LogP contribution in [0.25, 0.3) is 0 Å². The van der Waals surface area contributed by atoms with Gasteiger partial charge in [0.1, 0.15) is 5.75 Å². The minimum Gasteiger partial charge on any atom is -0.494 e. The van der Waals surface area contributed by atoms with E-state index in [1.54, 1.807) is 0 Å². The Morgan fingerprint density at radius 1 is 0.897 bits per heavy atom. The summed E-state index contributed by atoms with van der Waals surface area (Å²) in [5.41, 5.74) is 2.99. The van der Waals surface area contributed by atoms with Crippen molar-refractivity contribution in [3.05, 3.63) is 72.3 Å². The van der Waals surface area contributed by atoms with E-state index in [4.69, 9.17) is 4.74 Å². The summed E-state index contributed by atoms with van der Waals surface area (Å²) in [6.07, 6.45) is 7.12. The maximum atomic E-state index is 13.2. The molecule has 0 aliphatic carbocycles. The largest absolute Gasteiger partial charge is 0.494 e. The molecule has 0 atom stereocenters. The Morgan fingerprint density at radius 2 is 1.62 bits per heavy atom. The van der Waals surface area contributed by atoms with Gasteiger partial charge in [-0.2, -0.15) is 0 Å². The summed E-state index contributed by atoms with van der Waals surface area (Å²) < 4.78 is 5.94. The van der Waals surface area contributed by atoms with Gasteiger partial charge in [-0.25, -0.2) is 0 Å². The van der Waals surface area contributed by atoms with Crippen molar-refractivity contribution in [1.29, 1.82) is 0 Å². The molecule has 2 aromatic rings. The van der Waals surface area contributed by atoms with Gasteiger partial charge in [0.15, 0.2) is 0 Å². The molecule has 0 unspecified atom stereocenters. The second kappa shape index (κ2) is 13.3. The molecule has 7 heteroatoms. The van der Waals surface area contributed by atoms with Crippen LogP contribution in [0.5, 0.6) is 5.75 Å². The summed E-state index contributed by atoms with van der Waals surface area (Å²) >= 11 is 0. The van der Waals surface area contributed by atoms with E-state index in [1.807, 2.05) is 52.3 Å². The number of likely N-dealkylation sites (tertiary alicyclic amines) is 1. The predicted octanol–water partition coefficient (Wildman–Crippen LogP) is 4.23. The molecule has 0 spiro atoms. The van der Waals surface area contributed by atoms with Crippen LogP contribution in [0.2, 0.25) is 0 Å². The highest BCUT2D eigenvalue weighted by Gasteiger charge is 2.33. The van der Waals surface area contributed by atoms with Crippen molar-refractivity contribution in [3.8, 4) is 5.75 Å². The average molecular weight is 531 g/mol. The number of aryl methyl sites for hydroxylation is 1. The highest BCUT2D eigenvalue weighted by Crippen LogP contribution is 2.32. The molecule has 0 bridgehead atoms. The van der Waals surface area contributed by atoms with Crippen LogP contribution in [0.4, 0.5) is 5.69 Å². The third-order valence-corrected chi connectivity index (χ3v) is 8.34. The van der Waals surface area contributed by atoms with Gasteiger partial charge in [0.25, 0.3) is 5.91 Å². The number of hydrogen-bond acceptors (Lipinski definition) is 5. The van der Waals surface area contributed by atoms with Crippen molar-refractivity contribution in [1.82, 2.24) is 14.7 Å². The Morgan fingerprint density at radius 3 is 2.36 bits per heavy atom. The van der Waals surface area contributed by atoms with Crippen molar-refractivity contribution < 1.29 is 14.3 Å². The zero-order valence-electron chi connectivity index (χ0n) is 23.1. The standard InChI is InChI=1S/C32H42N4O3/c1-2-17-33-21-23-34(24-22-33)18-5-6-25-39-29-12-9-27(10-13-29)32(38)35-19-15-28(16-20-35)36-30-8-4-3-7-26(30)11-14-31(36)37/h2-4,7-10,12-13,28H,1,5-6,11,14-25H2. The van der Waals surface area contributed by atoms with Gasteiger partial charge in [0.2, 0.25) is 5.91 Å². The van der Waals surface area contributed by atoms with E-state index >= 15 is 0 Å². The SMILES string of the molecule is C=CCN1CCN(CCCCOc2ccc(C(=O)N3CCC(N4C(=O)CCc5ccccc54)CC3)cc2)CC1. The van der Waals surface area contributed by atoms with Crippen molar-refractivity contribution in [2.24, 2.45) is 0 Å². The lowest BCUT2D eigenvalue weighted by molar-refractivity contribution is -0.119. The number of ether oxygens (including phenoxy) is 1. The summed E-state index contributed by atoms with van der Waals surface area (Å²) in [6.45, 7) is 12.5. The fraction of sp³-hybridized carbons (Fsp3) is 0.500. The van der Waals surface area contributed by atoms with E-state index < -0.39 is 0 Å². The molecule has 0 saturated carbocycles. The molecule has 3 aliphatic heterocycles. The Bertz CT molecular complexity index is 1120. The number of para-hydroxylation sites is 1. The number of piperazine rings is 1. The van der Waals surface area contributed by atoms with Crippen LogP contribution in [0.3, 0.4) is 0 Å². The second-order valence-corrected chi connectivity index (χ2v) is 10.9. The molecule has 39 heavy (non-hydrogen) atoms. The third-order valence-electron chi connectivity index (χ3n) is 8.34. The molecule has 5 rings (SSSR count). The Kier molecular flexibility index (Phi) is 9.32. The van der Waals surface area contributed by atoms with E-state index in [0.717, 1.165) is 82.8 Å². The van der Waals surface area contributed by atoms with E-state index in [-0.39, 0.29) is 17.9 Å². The maximum Gasteiger partial charge on any atom is 0.253 e. The molecule has 2 fully saturated rings. The van der Waals surface area contributed by atoms with E-state index in [0.29, 0.717) is 31.7 Å². The molecule has 0 N–H and O–H groups in total. The summed E-state index contributed by atoms with van der Waals surface area (Å²) in [7, 11) is 0. The van der Waals surface area contributed by atoms with Gasteiger partial charge < -0.3 is 19.4 Å². The smallest absolute Gasteiger partial charge is 0.253 e. The van der Waals surface area contributed by atoms with Gasteiger partial charge in [-0.15, -0.1) is 6.58 Å². The number of piperidine rings is 1. The number of carbonyl (C=O) groups excluding carboxylic acids is 2. The molecule has 2 aromatic carbocycles. The summed E-state index contributed by atoms with van der Waals surface area (Å²) in [6, 6.07) is 15.9. The van der Waals surface area contributed by atoms with Crippen molar-refractivity contribution in [2.75, 3.05) is 63.9 Å². The van der Waals surface area contributed by atoms with Crippen molar-refractivity contribution in [3.63, 3.8) is 0 Å². The van der Waals surface area contributed by atoms with Gasteiger partial charge in [-0.3, -0.25) is 14.5 Å².